The van der Waals surface area contributed by atoms with Gasteiger partial charge in [0.2, 0.25) is 0 Å². The molecule has 3 rings (SSSR count). The topological polar surface area (TPSA) is 16.8 Å². The van der Waals surface area contributed by atoms with Crippen molar-refractivity contribution in [2.45, 2.75) is 0 Å². The zero-order valence-electron chi connectivity index (χ0n) is 8.92. The van der Waals surface area contributed by atoms with Gasteiger partial charge in [-0.25, -0.2) is 9.55 Å². The summed E-state index contributed by atoms with van der Waals surface area (Å²) in [6.07, 6.45) is 4.12. The van der Waals surface area contributed by atoms with Crippen LogP contribution in [-0.4, -0.2) is 4.98 Å². The summed E-state index contributed by atoms with van der Waals surface area (Å²) < 4.78 is 3.28. The maximum atomic E-state index is 4.63. The lowest BCUT2D eigenvalue weighted by Crippen LogP contribution is -2.26. The van der Waals surface area contributed by atoms with E-state index in [0.717, 1.165) is 10.5 Å². The van der Waals surface area contributed by atoms with Crippen LogP contribution in [0.5, 0.6) is 0 Å². The monoisotopic (exact) mass is 227 g/mol. The van der Waals surface area contributed by atoms with E-state index in [1.807, 2.05) is 29.9 Å². The van der Waals surface area contributed by atoms with Crippen LogP contribution in [0.3, 0.4) is 0 Å². The molecule has 3 heteroatoms. The van der Waals surface area contributed by atoms with Crippen molar-refractivity contribution in [1.82, 2.24) is 4.98 Å². The van der Waals surface area contributed by atoms with Gasteiger partial charge in [0, 0.05) is 6.07 Å². The van der Waals surface area contributed by atoms with Gasteiger partial charge in [-0.05, 0) is 18.2 Å². The molecule has 0 amide bonds. The standard InChI is InChI=1S/C13H11N2S/c1-15-8-4-5-10(9-15)13-14-11-6-2-3-7-12(11)16-13/h2-9H,1H3/q+1. The van der Waals surface area contributed by atoms with Gasteiger partial charge in [0.05, 0.1) is 15.8 Å². The second kappa shape index (κ2) is 3.68. The maximum Gasteiger partial charge on any atom is 0.178 e. The molecular weight excluding hydrogens is 216 g/mol. The average molecular weight is 227 g/mol. The van der Waals surface area contributed by atoms with Crippen LogP contribution in [0.4, 0.5) is 0 Å². The highest BCUT2D eigenvalue weighted by Gasteiger charge is 2.07. The minimum absolute atomic E-state index is 1.08. The highest BCUT2D eigenvalue weighted by molar-refractivity contribution is 7.21. The Kier molecular flexibility index (Phi) is 2.18. The lowest BCUT2D eigenvalue weighted by atomic mass is 10.3. The van der Waals surface area contributed by atoms with Crippen molar-refractivity contribution >= 4 is 21.6 Å². The average Bonchev–Trinajstić information content (AvgIpc) is 2.72. The Labute approximate surface area is 97.8 Å². The Balaban J connectivity index is 2.19. The summed E-state index contributed by atoms with van der Waals surface area (Å²) in [5, 5.41) is 1.08. The molecule has 0 atom stereocenters. The number of benzene rings is 1. The third-order valence-electron chi connectivity index (χ3n) is 2.48. The van der Waals surface area contributed by atoms with Gasteiger partial charge in [-0.3, -0.25) is 0 Å². The SMILES string of the molecule is C[n+]1cccc(-c2nc3ccccc3s2)c1. The lowest BCUT2D eigenvalue weighted by molar-refractivity contribution is -0.671. The van der Waals surface area contributed by atoms with E-state index in [9.17, 15) is 0 Å². The molecule has 0 saturated carbocycles. The predicted molar refractivity (Wildman–Crippen MR) is 66.2 cm³/mol. The van der Waals surface area contributed by atoms with Gasteiger partial charge in [-0.15, -0.1) is 11.3 Å². The van der Waals surface area contributed by atoms with Gasteiger partial charge in [0.25, 0.3) is 0 Å². The Morgan fingerprint density at radius 1 is 1.12 bits per heavy atom. The van der Waals surface area contributed by atoms with Gasteiger partial charge < -0.3 is 0 Å². The molecule has 0 N–H and O–H groups in total. The van der Waals surface area contributed by atoms with E-state index < -0.39 is 0 Å². The molecule has 78 valence electrons. The number of pyridine rings is 1. The third kappa shape index (κ3) is 1.59. The number of fused-ring (bicyclic) bond motifs is 1. The van der Waals surface area contributed by atoms with Crippen LogP contribution in [0, 0.1) is 0 Å². The molecule has 2 aromatic heterocycles. The van der Waals surface area contributed by atoms with Crippen molar-refractivity contribution in [2.75, 3.05) is 0 Å². The van der Waals surface area contributed by atoms with E-state index in [0.29, 0.717) is 0 Å². The van der Waals surface area contributed by atoms with E-state index >= 15 is 0 Å². The molecule has 1 aromatic carbocycles. The largest absolute Gasteiger partial charge is 0.236 e. The van der Waals surface area contributed by atoms with Crippen LogP contribution in [0.25, 0.3) is 20.8 Å². The molecule has 0 spiro atoms. The number of nitrogens with zero attached hydrogens (tertiary/aromatic N) is 2. The minimum Gasteiger partial charge on any atom is -0.236 e. The van der Waals surface area contributed by atoms with E-state index in [4.69, 9.17) is 0 Å². The Bertz CT molecular complexity index is 610. The van der Waals surface area contributed by atoms with Gasteiger partial charge in [-0.2, -0.15) is 0 Å². The smallest absolute Gasteiger partial charge is 0.178 e. The molecule has 0 saturated heterocycles. The number of rotatable bonds is 1. The molecular formula is C13H11N2S+. The fraction of sp³-hybridized carbons (Fsp3) is 0.0769. The van der Waals surface area contributed by atoms with Gasteiger partial charge in [0.15, 0.2) is 12.4 Å². The number of aryl methyl sites for hydroxylation is 1. The van der Waals surface area contributed by atoms with Crippen LogP contribution in [0.2, 0.25) is 0 Å². The molecule has 0 aliphatic rings. The number of aromatic nitrogens is 2. The molecule has 16 heavy (non-hydrogen) atoms. The number of hydrogen-bond donors (Lipinski definition) is 0. The lowest BCUT2D eigenvalue weighted by Gasteiger charge is -1.92. The second-order valence-corrected chi connectivity index (χ2v) is 4.78. The predicted octanol–water partition coefficient (Wildman–Crippen LogP) is 2.79. The maximum absolute atomic E-state index is 4.63. The molecule has 0 bridgehead atoms. The van der Waals surface area contributed by atoms with Gasteiger partial charge in [0.1, 0.15) is 12.1 Å². The first-order valence-corrected chi connectivity index (χ1v) is 5.96. The van der Waals surface area contributed by atoms with Crippen molar-refractivity contribution < 1.29 is 4.57 Å². The molecule has 0 radical (unpaired) electrons. The van der Waals surface area contributed by atoms with Crippen LogP contribution < -0.4 is 4.57 Å². The molecule has 3 aromatic rings. The zero-order valence-corrected chi connectivity index (χ0v) is 9.74. The van der Waals surface area contributed by atoms with Crippen molar-refractivity contribution in [1.29, 1.82) is 0 Å². The van der Waals surface area contributed by atoms with Crippen LogP contribution >= 0.6 is 11.3 Å². The van der Waals surface area contributed by atoms with Crippen molar-refractivity contribution in [3.8, 4) is 10.6 Å². The van der Waals surface area contributed by atoms with Crippen LogP contribution in [0.15, 0.2) is 48.8 Å². The Hall–Kier alpha value is -1.74. The van der Waals surface area contributed by atoms with Crippen molar-refractivity contribution in [2.24, 2.45) is 7.05 Å². The highest BCUT2D eigenvalue weighted by Crippen LogP contribution is 2.28. The van der Waals surface area contributed by atoms with Gasteiger partial charge in [-0.1, -0.05) is 12.1 Å². The summed E-state index contributed by atoms with van der Waals surface area (Å²) in [7, 11) is 2.02. The summed E-state index contributed by atoms with van der Waals surface area (Å²) in [6, 6.07) is 12.4. The summed E-state index contributed by atoms with van der Waals surface area (Å²) in [6.45, 7) is 0. The van der Waals surface area contributed by atoms with E-state index in [-0.39, 0.29) is 0 Å². The number of thiazole rings is 1. The summed E-state index contributed by atoms with van der Waals surface area (Å²) in [5.74, 6) is 0. The molecule has 2 nitrogen and oxygen atoms in total. The second-order valence-electron chi connectivity index (χ2n) is 3.74. The van der Waals surface area contributed by atoms with Crippen molar-refractivity contribution in [3.05, 3.63) is 48.8 Å². The minimum atomic E-state index is 1.08. The number of hydrogen-bond acceptors (Lipinski definition) is 2. The van der Waals surface area contributed by atoms with Crippen molar-refractivity contribution in [3.63, 3.8) is 0 Å². The van der Waals surface area contributed by atoms with E-state index in [1.165, 1.54) is 10.3 Å². The van der Waals surface area contributed by atoms with Crippen LogP contribution in [-0.2, 0) is 7.05 Å². The molecule has 2 heterocycles. The van der Waals surface area contributed by atoms with E-state index in [2.05, 4.69) is 35.4 Å². The quantitative estimate of drug-likeness (QED) is 0.584. The van der Waals surface area contributed by atoms with Gasteiger partial charge >= 0.3 is 0 Å². The molecule has 0 fully saturated rings. The first-order valence-electron chi connectivity index (χ1n) is 5.14. The fourth-order valence-corrected chi connectivity index (χ4v) is 2.67. The normalized spacial score (nSPS) is 10.8. The first kappa shape index (κ1) is 9.48. The zero-order chi connectivity index (χ0) is 11.0. The Morgan fingerprint density at radius 2 is 2.00 bits per heavy atom. The molecule has 0 aliphatic carbocycles. The van der Waals surface area contributed by atoms with E-state index in [1.54, 1.807) is 11.3 Å². The summed E-state index contributed by atoms with van der Waals surface area (Å²) >= 11 is 1.73. The summed E-state index contributed by atoms with van der Waals surface area (Å²) in [4.78, 5) is 4.63. The Morgan fingerprint density at radius 3 is 2.81 bits per heavy atom. The fourth-order valence-electron chi connectivity index (χ4n) is 1.71. The van der Waals surface area contributed by atoms with Crippen LogP contribution in [0.1, 0.15) is 0 Å². The first-order chi connectivity index (χ1) is 7.83. The highest BCUT2D eigenvalue weighted by atomic mass is 32.1. The third-order valence-corrected chi connectivity index (χ3v) is 3.57. The summed E-state index contributed by atoms with van der Waals surface area (Å²) in [5.41, 5.74) is 2.25. The molecule has 0 unspecified atom stereocenters. The molecule has 0 aliphatic heterocycles. The number of para-hydroxylation sites is 1.